The number of phenolic OH excluding ortho intramolecular Hbond substituents is 1. The van der Waals surface area contributed by atoms with Crippen molar-refractivity contribution in [1.29, 1.82) is 0 Å². The highest BCUT2D eigenvalue weighted by atomic mass is 16.5. The van der Waals surface area contributed by atoms with Crippen LogP contribution in [0.1, 0.15) is 24.2 Å². The maximum Gasteiger partial charge on any atom is 0.256 e. The Hall–Kier alpha value is -1.79. The average molecular weight is 280 g/mol. The molecule has 1 aliphatic rings. The first-order valence-corrected chi connectivity index (χ1v) is 6.49. The molecule has 1 fully saturated rings. The maximum atomic E-state index is 12.5. The Morgan fingerprint density at radius 2 is 2.25 bits per heavy atom. The summed E-state index contributed by atoms with van der Waals surface area (Å²) in [5.74, 6) is -0.276. The molecule has 6 nitrogen and oxygen atoms in total. The number of benzene rings is 1. The molecule has 1 aromatic carbocycles. The molecule has 1 aromatic rings. The molecule has 2 rings (SSSR count). The number of carbonyl (C=O) groups excluding carboxylic acids is 1. The van der Waals surface area contributed by atoms with Crippen LogP contribution in [0.3, 0.4) is 0 Å². The standard InChI is InChI=1S/C14H20N2O4/c1-14(2)8-16(6-10(7-17)20-14)13(19)11-5-9(18)3-4-12(11)15/h3-5,10,17-18H,6-8,15H2,1-2H3. The predicted octanol–water partition coefficient (Wildman–Crippen LogP) is 0.586. The van der Waals surface area contributed by atoms with Gasteiger partial charge < -0.3 is 25.6 Å². The van der Waals surface area contributed by atoms with Crippen molar-refractivity contribution >= 4 is 11.6 Å². The van der Waals surface area contributed by atoms with Crippen LogP contribution in [-0.4, -0.2) is 52.4 Å². The summed E-state index contributed by atoms with van der Waals surface area (Å²) >= 11 is 0. The summed E-state index contributed by atoms with van der Waals surface area (Å²) < 4.78 is 5.67. The van der Waals surface area contributed by atoms with Gasteiger partial charge in [0.25, 0.3) is 5.91 Å². The van der Waals surface area contributed by atoms with Gasteiger partial charge in [-0.1, -0.05) is 0 Å². The second-order valence-electron chi connectivity index (χ2n) is 5.64. The molecular weight excluding hydrogens is 260 g/mol. The number of rotatable bonds is 2. The Balaban J connectivity index is 2.25. The van der Waals surface area contributed by atoms with E-state index in [4.69, 9.17) is 10.5 Å². The number of nitrogen functional groups attached to an aromatic ring is 1. The number of aliphatic hydroxyl groups is 1. The van der Waals surface area contributed by atoms with Crippen molar-refractivity contribution in [2.75, 3.05) is 25.4 Å². The maximum absolute atomic E-state index is 12.5. The lowest BCUT2D eigenvalue weighted by atomic mass is 10.0. The molecule has 1 unspecified atom stereocenters. The van der Waals surface area contributed by atoms with Crippen molar-refractivity contribution in [3.8, 4) is 5.75 Å². The second kappa shape index (κ2) is 5.30. The van der Waals surface area contributed by atoms with E-state index in [1.165, 1.54) is 18.2 Å². The third-order valence-electron chi connectivity index (χ3n) is 3.24. The van der Waals surface area contributed by atoms with E-state index in [-0.39, 0.29) is 23.8 Å². The van der Waals surface area contributed by atoms with Gasteiger partial charge in [0, 0.05) is 18.8 Å². The van der Waals surface area contributed by atoms with Crippen LogP contribution in [0.5, 0.6) is 5.75 Å². The van der Waals surface area contributed by atoms with E-state index < -0.39 is 11.7 Å². The lowest BCUT2D eigenvalue weighted by Crippen LogP contribution is -2.55. The summed E-state index contributed by atoms with van der Waals surface area (Å²) in [6.07, 6.45) is -0.416. The number of nitrogens with two attached hydrogens (primary N) is 1. The number of anilines is 1. The minimum atomic E-state index is -0.535. The highest BCUT2D eigenvalue weighted by Gasteiger charge is 2.36. The summed E-state index contributed by atoms with van der Waals surface area (Å²) in [6, 6.07) is 4.29. The zero-order valence-electron chi connectivity index (χ0n) is 11.7. The van der Waals surface area contributed by atoms with Crippen molar-refractivity contribution in [1.82, 2.24) is 4.90 Å². The molecule has 1 heterocycles. The number of ether oxygens (including phenoxy) is 1. The van der Waals surface area contributed by atoms with Crippen molar-refractivity contribution in [2.45, 2.75) is 25.6 Å². The topological polar surface area (TPSA) is 96.0 Å². The van der Waals surface area contributed by atoms with Gasteiger partial charge in [-0.3, -0.25) is 4.79 Å². The van der Waals surface area contributed by atoms with Crippen LogP contribution in [-0.2, 0) is 4.74 Å². The summed E-state index contributed by atoms with van der Waals surface area (Å²) in [7, 11) is 0. The predicted molar refractivity (Wildman–Crippen MR) is 74.5 cm³/mol. The van der Waals surface area contributed by atoms with E-state index in [9.17, 15) is 15.0 Å². The van der Waals surface area contributed by atoms with Crippen LogP contribution in [0.25, 0.3) is 0 Å². The molecule has 0 saturated carbocycles. The molecule has 4 N–H and O–H groups in total. The SMILES string of the molecule is CC1(C)CN(C(=O)c2cc(O)ccc2N)CC(CO)O1. The van der Waals surface area contributed by atoms with E-state index in [1.807, 2.05) is 13.8 Å². The average Bonchev–Trinajstić information content (AvgIpc) is 2.38. The molecule has 0 radical (unpaired) electrons. The Morgan fingerprint density at radius 1 is 1.55 bits per heavy atom. The van der Waals surface area contributed by atoms with E-state index in [1.54, 1.807) is 4.90 Å². The van der Waals surface area contributed by atoms with Crippen LogP contribution in [0, 0.1) is 0 Å². The number of morpholine rings is 1. The lowest BCUT2D eigenvalue weighted by molar-refractivity contribution is -0.139. The highest BCUT2D eigenvalue weighted by Crippen LogP contribution is 2.25. The number of phenols is 1. The molecule has 20 heavy (non-hydrogen) atoms. The number of nitrogens with zero attached hydrogens (tertiary/aromatic N) is 1. The van der Waals surface area contributed by atoms with Crippen LogP contribution >= 0.6 is 0 Å². The first-order valence-electron chi connectivity index (χ1n) is 6.49. The molecule has 1 atom stereocenters. The molecule has 0 aromatic heterocycles. The zero-order valence-corrected chi connectivity index (χ0v) is 11.7. The van der Waals surface area contributed by atoms with Crippen molar-refractivity contribution in [2.24, 2.45) is 0 Å². The first kappa shape index (κ1) is 14.6. The fourth-order valence-electron chi connectivity index (χ4n) is 2.45. The van der Waals surface area contributed by atoms with Gasteiger partial charge >= 0.3 is 0 Å². The van der Waals surface area contributed by atoms with Gasteiger partial charge in [0.2, 0.25) is 0 Å². The largest absolute Gasteiger partial charge is 0.508 e. The van der Waals surface area contributed by atoms with E-state index in [2.05, 4.69) is 0 Å². The van der Waals surface area contributed by atoms with Gasteiger partial charge in [-0.05, 0) is 32.0 Å². The fraction of sp³-hybridized carbons (Fsp3) is 0.500. The second-order valence-corrected chi connectivity index (χ2v) is 5.64. The fourth-order valence-corrected chi connectivity index (χ4v) is 2.45. The van der Waals surface area contributed by atoms with Crippen molar-refractivity contribution < 1.29 is 19.7 Å². The molecular formula is C14H20N2O4. The van der Waals surface area contributed by atoms with Crippen molar-refractivity contribution in [3.63, 3.8) is 0 Å². The van der Waals surface area contributed by atoms with Crippen LogP contribution < -0.4 is 5.73 Å². The lowest BCUT2D eigenvalue weighted by Gasteiger charge is -2.42. The number of hydrogen-bond acceptors (Lipinski definition) is 5. The molecule has 0 aliphatic carbocycles. The minimum Gasteiger partial charge on any atom is -0.508 e. The number of aliphatic hydroxyl groups excluding tert-OH is 1. The van der Waals surface area contributed by atoms with E-state index >= 15 is 0 Å². The Kier molecular flexibility index (Phi) is 3.87. The third-order valence-corrected chi connectivity index (χ3v) is 3.24. The van der Waals surface area contributed by atoms with Crippen LogP contribution in [0.2, 0.25) is 0 Å². The van der Waals surface area contributed by atoms with E-state index in [0.29, 0.717) is 18.8 Å². The number of hydrogen-bond donors (Lipinski definition) is 3. The van der Waals surface area contributed by atoms with Gasteiger partial charge in [-0.25, -0.2) is 0 Å². The third kappa shape index (κ3) is 3.02. The molecule has 1 amide bonds. The molecule has 1 aliphatic heterocycles. The molecule has 0 bridgehead atoms. The minimum absolute atomic E-state index is 0.00576. The van der Waals surface area contributed by atoms with Crippen molar-refractivity contribution in [3.05, 3.63) is 23.8 Å². The highest BCUT2D eigenvalue weighted by molar-refractivity contribution is 5.99. The van der Waals surface area contributed by atoms with Gasteiger partial charge in [0.1, 0.15) is 5.75 Å². The normalized spacial score (nSPS) is 21.8. The summed E-state index contributed by atoms with van der Waals surface area (Å²) in [6.45, 7) is 4.27. The van der Waals surface area contributed by atoms with Gasteiger partial charge in [0.15, 0.2) is 0 Å². The Morgan fingerprint density at radius 3 is 2.90 bits per heavy atom. The summed E-state index contributed by atoms with van der Waals surface area (Å²) in [5, 5.41) is 18.8. The van der Waals surface area contributed by atoms with Gasteiger partial charge in [0.05, 0.1) is 23.9 Å². The summed E-state index contributed by atoms with van der Waals surface area (Å²) in [5.41, 5.74) is 5.84. The van der Waals surface area contributed by atoms with E-state index in [0.717, 1.165) is 0 Å². The Bertz CT molecular complexity index is 516. The number of aromatic hydroxyl groups is 1. The quantitative estimate of drug-likeness (QED) is 0.544. The zero-order chi connectivity index (χ0) is 14.9. The summed E-state index contributed by atoms with van der Waals surface area (Å²) in [4.78, 5) is 14.1. The molecule has 110 valence electrons. The smallest absolute Gasteiger partial charge is 0.256 e. The molecule has 1 saturated heterocycles. The molecule has 0 spiro atoms. The monoisotopic (exact) mass is 280 g/mol. The van der Waals surface area contributed by atoms with Gasteiger partial charge in [-0.2, -0.15) is 0 Å². The number of amides is 1. The number of carbonyl (C=O) groups is 1. The van der Waals surface area contributed by atoms with Crippen LogP contribution in [0.15, 0.2) is 18.2 Å². The first-order chi connectivity index (χ1) is 9.32. The van der Waals surface area contributed by atoms with Gasteiger partial charge in [-0.15, -0.1) is 0 Å². The molecule has 6 heteroatoms. The Labute approximate surface area is 117 Å². The van der Waals surface area contributed by atoms with Crippen LogP contribution in [0.4, 0.5) is 5.69 Å².